The molecule has 0 fully saturated rings. The number of ether oxygens (including phenoxy) is 1. The molecule has 0 radical (unpaired) electrons. The summed E-state index contributed by atoms with van der Waals surface area (Å²) in [4.78, 5) is 0. The number of hydrogen-bond donors (Lipinski definition) is 1. The fourth-order valence-electron chi connectivity index (χ4n) is 2.74. The molecule has 0 aromatic heterocycles. The zero-order chi connectivity index (χ0) is 19.5. The molecule has 0 bridgehead atoms. The summed E-state index contributed by atoms with van der Waals surface area (Å²) in [5, 5.41) is 9.00. The third kappa shape index (κ3) is 15.1. The lowest BCUT2D eigenvalue weighted by Crippen LogP contribution is -1.98. The number of methoxy groups -OCH3 is 1. The number of hydrogen-bond acceptors (Lipinski definition) is 3. The van der Waals surface area contributed by atoms with Crippen LogP contribution in [0.4, 0.5) is 0 Å². The third-order valence-electron chi connectivity index (χ3n) is 4.05. The van der Waals surface area contributed by atoms with Gasteiger partial charge in [0.1, 0.15) is 0 Å². The molecule has 0 heterocycles. The predicted molar refractivity (Wildman–Crippen MR) is 123 cm³/mol. The first kappa shape index (κ1) is 26.0. The van der Waals surface area contributed by atoms with Gasteiger partial charge in [-0.3, -0.25) is 0 Å². The molecule has 5 heteroatoms. The van der Waals surface area contributed by atoms with Crippen molar-refractivity contribution in [2.45, 2.75) is 58.5 Å². The normalized spacial score (nSPS) is 12.5. The van der Waals surface area contributed by atoms with Crippen molar-refractivity contribution in [1.82, 2.24) is 0 Å². The second-order valence-electron chi connectivity index (χ2n) is 6.27. The number of aliphatic hydroxyl groups excluding tert-OH is 1. The number of aliphatic hydroxyl groups is 1. The van der Waals surface area contributed by atoms with Crippen LogP contribution in [0.15, 0.2) is 36.4 Å². The summed E-state index contributed by atoms with van der Waals surface area (Å²) in [6.45, 7) is 3.84. The van der Waals surface area contributed by atoms with Crippen LogP contribution < -0.4 is 0 Å². The summed E-state index contributed by atoms with van der Waals surface area (Å²) >= 11 is 2.16. The molecule has 0 saturated carbocycles. The Morgan fingerprint density at radius 2 is 1.88 bits per heavy atom. The smallest absolute Gasteiger partial charge is 0.0789 e. The topological polar surface area (TPSA) is 38.7 Å². The summed E-state index contributed by atoms with van der Waals surface area (Å²) in [7, 11) is 3.42. The first-order chi connectivity index (χ1) is 12.7. The lowest BCUT2D eigenvalue weighted by Gasteiger charge is -2.11. The van der Waals surface area contributed by atoms with E-state index < -0.39 is 0 Å². The van der Waals surface area contributed by atoms with E-state index in [2.05, 4.69) is 69.9 Å². The molecule has 1 rings (SSSR count). The molecule has 1 N–H and O–H groups in total. The van der Waals surface area contributed by atoms with E-state index in [4.69, 9.17) is 9.84 Å². The van der Waals surface area contributed by atoms with Crippen LogP contribution in [0.5, 0.6) is 0 Å². The number of halogens is 1. The van der Waals surface area contributed by atoms with Crippen LogP contribution in [0.3, 0.4) is 0 Å². The Kier molecular flexibility index (Phi) is 19.8. The summed E-state index contributed by atoms with van der Waals surface area (Å²) in [6.07, 6.45) is 12.6. The Hall–Kier alpha value is -0.000000000000000222. The van der Waals surface area contributed by atoms with Crippen molar-refractivity contribution in [3.8, 4) is 0 Å². The molecular formula is C21H36IO3P. The van der Waals surface area contributed by atoms with Gasteiger partial charge in [0.15, 0.2) is 0 Å². The van der Waals surface area contributed by atoms with E-state index in [1.54, 1.807) is 14.2 Å². The monoisotopic (exact) mass is 494 g/mol. The number of benzene rings is 1. The van der Waals surface area contributed by atoms with Crippen molar-refractivity contribution in [2.75, 3.05) is 20.8 Å². The highest BCUT2D eigenvalue weighted by Gasteiger charge is 2.03. The molecule has 0 aliphatic rings. The second kappa shape index (κ2) is 19.8. The van der Waals surface area contributed by atoms with E-state index in [1.807, 2.05) is 0 Å². The molecule has 0 aliphatic heterocycles. The third-order valence-corrected chi connectivity index (χ3v) is 5.52. The van der Waals surface area contributed by atoms with Crippen LogP contribution in [0.1, 0.15) is 56.6 Å². The second-order valence-corrected chi connectivity index (χ2v) is 8.15. The highest BCUT2D eigenvalue weighted by Crippen LogP contribution is 2.18. The number of allylic oxidation sites excluding steroid dienone is 2. The SMILES string of the molecule is CCCC[C@H](/C=C/CCc1cccc(COC)c1)CCCO.COPI. The van der Waals surface area contributed by atoms with Gasteiger partial charge >= 0.3 is 0 Å². The van der Waals surface area contributed by atoms with Gasteiger partial charge < -0.3 is 14.4 Å². The average molecular weight is 494 g/mol. The zero-order valence-electron chi connectivity index (χ0n) is 16.5. The first-order valence-electron chi connectivity index (χ1n) is 9.44. The molecule has 150 valence electrons. The lowest BCUT2D eigenvalue weighted by atomic mass is 9.95. The van der Waals surface area contributed by atoms with Crippen LogP contribution in [0.25, 0.3) is 0 Å². The van der Waals surface area contributed by atoms with Gasteiger partial charge in [-0.25, -0.2) is 0 Å². The van der Waals surface area contributed by atoms with Crippen molar-refractivity contribution in [3.05, 3.63) is 47.5 Å². The molecule has 1 aromatic rings. The minimum Gasteiger partial charge on any atom is -0.396 e. The van der Waals surface area contributed by atoms with Gasteiger partial charge in [0, 0.05) is 20.8 Å². The fraction of sp³-hybridized carbons (Fsp3) is 0.619. The maximum absolute atomic E-state index is 9.00. The van der Waals surface area contributed by atoms with Crippen LogP contribution in [-0.4, -0.2) is 25.9 Å². The van der Waals surface area contributed by atoms with Crippen LogP contribution >= 0.6 is 28.5 Å². The summed E-state index contributed by atoms with van der Waals surface area (Å²) in [5.41, 5.74) is 2.62. The average Bonchev–Trinajstić information content (AvgIpc) is 2.67. The predicted octanol–water partition coefficient (Wildman–Crippen LogP) is 6.48. The highest BCUT2D eigenvalue weighted by atomic mass is 127. The van der Waals surface area contributed by atoms with Gasteiger partial charge in [-0.05, 0) is 71.2 Å². The standard InChI is InChI=1S/C20H32O2.CH4IOP/c1-3-4-9-18(14-8-15-21)10-5-6-11-19-12-7-13-20(16-19)17-22-2;1-3-4-2/h5,7,10,12-13,16,18,21H,3-4,6,8-9,11,14-15,17H2,1-2H3;4H,1H3/b10-5+;/t18-;/m1./s1. The zero-order valence-corrected chi connectivity index (χ0v) is 19.7. The number of rotatable bonds is 13. The largest absolute Gasteiger partial charge is 0.396 e. The van der Waals surface area contributed by atoms with E-state index >= 15 is 0 Å². The number of unbranched alkanes of at least 4 members (excludes halogenated alkanes) is 1. The van der Waals surface area contributed by atoms with Crippen LogP contribution in [-0.2, 0) is 22.3 Å². The van der Waals surface area contributed by atoms with Gasteiger partial charge in [0.05, 0.1) is 13.1 Å². The Morgan fingerprint density at radius 3 is 2.50 bits per heavy atom. The first-order valence-corrected chi connectivity index (χ1v) is 13.5. The quantitative estimate of drug-likeness (QED) is 0.194. The van der Waals surface area contributed by atoms with Gasteiger partial charge in [-0.1, -0.05) is 56.2 Å². The Balaban J connectivity index is 0.00000141. The van der Waals surface area contributed by atoms with Crippen molar-refractivity contribution >= 4 is 28.5 Å². The molecule has 0 amide bonds. The molecule has 1 aromatic carbocycles. The van der Waals surface area contributed by atoms with Crippen molar-refractivity contribution in [1.29, 1.82) is 0 Å². The summed E-state index contributed by atoms with van der Waals surface area (Å²) in [5.74, 6) is 0.631. The Labute approximate surface area is 175 Å². The fourth-order valence-corrected chi connectivity index (χ4v) is 2.74. The highest BCUT2D eigenvalue weighted by molar-refractivity contribution is 14.2. The summed E-state index contributed by atoms with van der Waals surface area (Å²) < 4.78 is 9.74. The van der Waals surface area contributed by atoms with E-state index in [0.717, 1.165) is 25.7 Å². The molecule has 26 heavy (non-hydrogen) atoms. The Morgan fingerprint density at radius 1 is 1.19 bits per heavy atom. The van der Waals surface area contributed by atoms with Crippen LogP contribution in [0, 0.1) is 5.92 Å². The lowest BCUT2D eigenvalue weighted by molar-refractivity contribution is 0.185. The maximum Gasteiger partial charge on any atom is 0.0789 e. The van der Waals surface area contributed by atoms with Gasteiger partial charge in [-0.15, -0.1) is 0 Å². The van der Waals surface area contributed by atoms with E-state index in [0.29, 0.717) is 25.6 Å². The van der Waals surface area contributed by atoms with E-state index in [9.17, 15) is 0 Å². The van der Waals surface area contributed by atoms with E-state index in [1.165, 1.54) is 30.4 Å². The molecule has 0 aliphatic carbocycles. The summed E-state index contributed by atoms with van der Waals surface area (Å²) in [6, 6.07) is 8.64. The van der Waals surface area contributed by atoms with E-state index in [-0.39, 0.29) is 0 Å². The minimum absolute atomic E-state index is 0.308. The van der Waals surface area contributed by atoms with Crippen molar-refractivity contribution < 1.29 is 14.4 Å². The molecule has 0 saturated heterocycles. The van der Waals surface area contributed by atoms with Crippen molar-refractivity contribution in [2.24, 2.45) is 5.92 Å². The Bertz CT molecular complexity index is 445. The minimum atomic E-state index is 0.308. The number of aryl methyl sites for hydroxylation is 1. The van der Waals surface area contributed by atoms with Crippen LogP contribution in [0.2, 0.25) is 0 Å². The molecule has 2 atom stereocenters. The maximum atomic E-state index is 9.00. The van der Waals surface area contributed by atoms with Gasteiger partial charge in [0.2, 0.25) is 0 Å². The molecule has 3 nitrogen and oxygen atoms in total. The van der Waals surface area contributed by atoms with Crippen molar-refractivity contribution in [3.63, 3.8) is 0 Å². The van der Waals surface area contributed by atoms with Gasteiger partial charge in [-0.2, -0.15) is 0 Å². The molecule has 0 spiro atoms. The molecular weight excluding hydrogens is 458 g/mol. The molecule has 1 unspecified atom stereocenters. The van der Waals surface area contributed by atoms with Gasteiger partial charge in [0.25, 0.3) is 0 Å².